The van der Waals surface area contributed by atoms with Gasteiger partial charge in [0, 0.05) is 31.1 Å². The number of rotatable bonds is 11. The van der Waals surface area contributed by atoms with Crippen molar-refractivity contribution in [2.45, 2.75) is 32.3 Å². The number of aromatic amines is 1. The number of aromatic nitrogens is 1. The number of nitrogens with zero attached hydrogens (tertiary/aromatic N) is 1. The fourth-order valence-corrected chi connectivity index (χ4v) is 4.79. The average molecular weight is 480 g/mol. The van der Waals surface area contributed by atoms with E-state index in [0.717, 1.165) is 58.7 Å². The summed E-state index contributed by atoms with van der Waals surface area (Å²) in [5.41, 5.74) is 2.27. The zero-order chi connectivity index (χ0) is 24.7. The molecule has 188 valence electrons. The second-order valence-corrected chi connectivity index (χ2v) is 9.93. The van der Waals surface area contributed by atoms with E-state index in [9.17, 15) is 15.0 Å². The van der Waals surface area contributed by atoms with Gasteiger partial charge in [-0.2, -0.15) is 0 Å². The molecule has 0 aliphatic carbocycles. The highest BCUT2D eigenvalue weighted by molar-refractivity contribution is 5.87. The molecule has 2 aromatic carbocycles. The van der Waals surface area contributed by atoms with Gasteiger partial charge in [-0.25, -0.2) is 0 Å². The van der Waals surface area contributed by atoms with Crippen LogP contribution in [0, 0.1) is 5.41 Å². The van der Waals surface area contributed by atoms with Crippen LogP contribution in [0.1, 0.15) is 37.0 Å². The Morgan fingerprint density at radius 2 is 1.86 bits per heavy atom. The number of aromatic hydroxyl groups is 1. The number of ether oxygens (including phenoxy) is 1. The van der Waals surface area contributed by atoms with Crippen LogP contribution >= 0.6 is 0 Å². The van der Waals surface area contributed by atoms with Crippen molar-refractivity contribution in [2.24, 2.45) is 5.41 Å². The Balaban J connectivity index is 1.17. The molecular weight excluding hydrogens is 442 g/mol. The normalized spacial score (nSPS) is 17.0. The standard InChI is InChI=1S/C28H37N3O4/c1-28(12-14-31(15-13-28)16-18-35-17-11-21-5-3-2-4-6-21)20-29-19-25(33)22-7-9-24(32)27-23(22)8-10-26(34)30-27/h2-10,25,29,32-33H,11-20H2,1H3,(H,30,34)/t25-/m0/s1. The van der Waals surface area contributed by atoms with Crippen LogP contribution in [0.2, 0.25) is 0 Å². The third-order valence-electron chi connectivity index (χ3n) is 7.15. The van der Waals surface area contributed by atoms with E-state index < -0.39 is 6.10 Å². The first-order valence-corrected chi connectivity index (χ1v) is 12.5. The molecule has 1 aromatic heterocycles. The summed E-state index contributed by atoms with van der Waals surface area (Å²) in [6, 6.07) is 16.7. The van der Waals surface area contributed by atoms with Crippen molar-refractivity contribution in [1.29, 1.82) is 0 Å². The number of piperidine rings is 1. The van der Waals surface area contributed by atoms with E-state index in [1.807, 2.05) is 6.07 Å². The highest BCUT2D eigenvalue weighted by atomic mass is 16.5. The summed E-state index contributed by atoms with van der Waals surface area (Å²) in [5.74, 6) is 0.00229. The highest BCUT2D eigenvalue weighted by Crippen LogP contribution is 2.31. The lowest BCUT2D eigenvalue weighted by Crippen LogP contribution is -2.45. The number of benzene rings is 2. The lowest BCUT2D eigenvalue weighted by Gasteiger charge is -2.39. The Hall–Kier alpha value is -2.71. The summed E-state index contributed by atoms with van der Waals surface area (Å²) < 4.78 is 5.85. The molecule has 35 heavy (non-hydrogen) atoms. The molecule has 0 bridgehead atoms. The van der Waals surface area contributed by atoms with Gasteiger partial charge in [-0.3, -0.25) is 4.79 Å². The SMILES string of the molecule is CC1(CNC[C@H](O)c2ccc(O)c3[nH]c(=O)ccc23)CCN(CCOCCc2ccccc2)CC1. The molecule has 4 N–H and O–H groups in total. The number of aliphatic hydroxyl groups excluding tert-OH is 1. The number of phenols is 1. The Bertz CT molecular complexity index is 1140. The molecule has 3 aromatic rings. The first-order valence-electron chi connectivity index (χ1n) is 12.5. The number of phenolic OH excluding ortho intramolecular Hbond substituents is 1. The van der Waals surface area contributed by atoms with Gasteiger partial charge in [-0.05, 0) is 61.0 Å². The van der Waals surface area contributed by atoms with Gasteiger partial charge >= 0.3 is 0 Å². The number of hydrogen-bond acceptors (Lipinski definition) is 6. The van der Waals surface area contributed by atoms with Crippen molar-refractivity contribution in [3.63, 3.8) is 0 Å². The van der Waals surface area contributed by atoms with Gasteiger partial charge < -0.3 is 30.2 Å². The van der Waals surface area contributed by atoms with Crippen LogP contribution < -0.4 is 10.9 Å². The highest BCUT2D eigenvalue weighted by Gasteiger charge is 2.29. The Kier molecular flexibility index (Phi) is 8.57. The summed E-state index contributed by atoms with van der Waals surface area (Å²) in [6.07, 6.45) is 2.42. The largest absolute Gasteiger partial charge is 0.506 e. The first kappa shape index (κ1) is 25.4. The van der Waals surface area contributed by atoms with Crippen molar-refractivity contribution >= 4 is 10.9 Å². The maximum absolute atomic E-state index is 11.6. The van der Waals surface area contributed by atoms with Crippen LogP contribution in [0.15, 0.2) is 59.4 Å². The zero-order valence-electron chi connectivity index (χ0n) is 20.5. The number of hydrogen-bond donors (Lipinski definition) is 4. The Morgan fingerprint density at radius 1 is 1.09 bits per heavy atom. The van der Waals surface area contributed by atoms with E-state index in [4.69, 9.17) is 4.74 Å². The third-order valence-corrected chi connectivity index (χ3v) is 7.15. The van der Waals surface area contributed by atoms with Crippen molar-refractivity contribution in [2.75, 3.05) is 45.9 Å². The molecule has 7 nitrogen and oxygen atoms in total. The van der Waals surface area contributed by atoms with Crippen molar-refractivity contribution < 1.29 is 14.9 Å². The van der Waals surface area contributed by atoms with E-state index in [2.05, 4.69) is 46.4 Å². The average Bonchev–Trinajstić information content (AvgIpc) is 2.86. The van der Waals surface area contributed by atoms with E-state index in [1.165, 1.54) is 17.7 Å². The number of nitrogens with one attached hydrogen (secondary N) is 2. The molecule has 1 atom stereocenters. The predicted molar refractivity (Wildman–Crippen MR) is 139 cm³/mol. The van der Waals surface area contributed by atoms with Gasteiger partial charge in [0.2, 0.25) is 5.56 Å². The molecule has 0 radical (unpaired) electrons. The molecule has 1 saturated heterocycles. The van der Waals surface area contributed by atoms with E-state index in [1.54, 1.807) is 12.1 Å². The van der Waals surface area contributed by atoms with Crippen molar-refractivity contribution in [1.82, 2.24) is 15.2 Å². The minimum atomic E-state index is -0.735. The Morgan fingerprint density at radius 3 is 2.63 bits per heavy atom. The molecule has 1 fully saturated rings. The van der Waals surface area contributed by atoms with Gasteiger partial charge in [0.15, 0.2) is 0 Å². The molecule has 0 unspecified atom stereocenters. The van der Waals surface area contributed by atoms with E-state index in [0.29, 0.717) is 23.0 Å². The number of aliphatic hydroxyl groups is 1. The number of likely N-dealkylation sites (tertiary alicyclic amines) is 1. The molecule has 1 aliphatic heterocycles. The van der Waals surface area contributed by atoms with Crippen LogP contribution in [-0.4, -0.2) is 66.0 Å². The fraction of sp³-hybridized carbons (Fsp3) is 0.464. The topological polar surface area (TPSA) is 97.8 Å². The maximum Gasteiger partial charge on any atom is 0.248 e. The molecule has 2 heterocycles. The van der Waals surface area contributed by atoms with Crippen LogP contribution in [-0.2, 0) is 11.2 Å². The number of fused-ring (bicyclic) bond motifs is 1. The second-order valence-electron chi connectivity index (χ2n) is 9.93. The maximum atomic E-state index is 11.6. The minimum Gasteiger partial charge on any atom is -0.506 e. The zero-order valence-corrected chi connectivity index (χ0v) is 20.5. The van der Waals surface area contributed by atoms with Crippen LogP contribution in [0.25, 0.3) is 10.9 Å². The third kappa shape index (κ3) is 6.92. The van der Waals surface area contributed by atoms with E-state index in [-0.39, 0.29) is 16.7 Å². The molecule has 0 spiro atoms. The Labute approximate surface area is 206 Å². The van der Waals surface area contributed by atoms with Crippen LogP contribution in [0.3, 0.4) is 0 Å². The predicted octanol–water partition coefficient (Wildman–Crippen LogP) is 3.22. The number of H-pyrrole nitrogens is 1. The van der Waals surface area contributed by atoms with E-state index >= 15 is 0 Å². The summed E-state index contributed by atoms with van der Waals surface area (Å²) in [5, 5.41) is 24.9. The molecule has 4 rings (SSSR count). The van der Waals surface area contributed by atoms with Gasteiger partial charge in [-0.15, -0.1) is 0 Å². The van der Waals surface area contributed by atoms with Crippen LogP contribution in [0.5, 0.6) is 5.75 Å². The molecule has 1 aliphatic rings. The molecule has 0 amide bonds. The smallest absolute Gasteiger partial charge is 0.248 e. The number of pyridine rings is 1. The summed E-state index contributed by atoms with van der Waals surface area (Å²) in [7, 11) is 0. The van der Waals surface area contributed by atoms with Gasteiger partial charge in [0.25, 0.3) is 0 Å². The van der Waals surface area contributed by atoms with Gasteiger partial charge in [0.05, 0.1) is 24.8 Å². The first-order chi connectivity index (χ1) is 16.9. The van der Waals surface area contributed by atoms with Crippen LogP contribution in [0.4, 0.5) is 0 Å². The lowest BCUT2D eigenvalue weighted by atomic mass is 9.80. The fourth-order valence-electron chi connectivity index (χ4n) is 4.79. The van der Waals surface area contributed by atoms with Gasteiger partial charge in [0.1, 0.15) is 5.75 Å². The van der Waals surface area contributed by atoms with Gasteiger partial charge in [-0.1, -0.05) is 43.3 Å². The monoisotopic (exact) mass is 479 g/mol. The minimum absolute atomic E-state index is 0.00229. The quantitative estimate of drug-likeness (QED) is 0.315. The van der Waals surface area contributed by atoms with Crippen molar-refractivity contribution in [3.05, 3.63) is 76.1 Å². The molecular formula is C28H37N3O4. The summed E-state index contributed by atoms with van der Waals surface area (Å²) in [6.45, 7) is 8.14. The van der Waals surface area contributed by atoms with Crippen molar-refractivity contribution in [3.8, 4) is 5.75 Å². The lowest BCUT2D eigenvalue weighted by molar-refractivity contribution is 0.0677. The summed E-state index contributed by atoms with van der Waals surface area (Å²) >= 11 is 0. The molecule has 0 saturated carbocycles. The molecule has 7 heteroatoms. The summed E-state index contributed by atoms with van der Waals surface area (Å²) in [4.78, 5) is 16.7. The second kappa shape index (κ2) is 11.8.